The first-order chi connectivity index (χ1) is 19.5. The van der Waals surface area contributed by atoms with Crippen molar-refractivity contribution >= 4 is 17.8 Å². The van der Waals surface area contributed by atoms with Gasteiger partial charge in [-0.15, -0.1) is 0 Å². The second-order valence-corrected chi connectivity index (χ2v) is 11.6. The highest BCUT2D eigenvalue weighted by atomic mass is 16.5. The Bertz CT molecular complexity index is 1350. The molecule has 3 aliphatic heterocycles. The Balaban J connectivity index is 1.19. The molecule has 210 valence electrons. The van der Waals surface area contributed by atoms with Crippen LogP contribution in [0.3, 0.4) is 0 Å². The zero-order valence-electron chi connectivity index (χ0n) is 23.5. The average Bonchev–Trinajstić information content (AvgIpc) is 3.67. The van der Waals surface area contributed by atoms with E-state index < -0.39 is 0 Å². The number of ketones is 1. The summed E-state index contributed by atoms with van der Waals surface area (Å²) >= 11 is 0. The second kappa shape index (κ2) is 11.6. The first-order valence-electron chi connectivity index (χ1n) is 14.5. The molecule has 3 saturated heterocycles. The quantitative estimate of drug-likeness (QED) is 0.319. The summed E-state index contributed by atoms with van der Waals surface area (Å²) in [5.41, 5.74) is 6.07. The normalized spacial score (nSPS) is 21.9. The van der Waals surface area contributed by atoms with Gasteiger partial charge >= 0.3 is 0 Å². The Labute approximate surface area is 236 Å². The molecule has 1 N–H and O–H groups in total. The molecule has 2 unspecified atom stereocenters. The van der Waals surface area contributed by atoms with Gasteiger partial charge < -0.3 is 10.1 Å². The molecule has 0 bridgehead atoms. The fraction of sp³-hybridized carbons (Fsp3) is 0.469. The molecule has 0 radical (unpaired) electrons. The molecule has 2 atom stereocenters. The highest BCUT2D eigenvalue weighted by Crippen LogP contribution is 2.37. The maximum Gasteiger partial charge on any atom is 0.177 e. The van der Waals surface area contributed by atoms with Crippen molar-refractivity contribution in [2.75, 3.05) is 58.3 Å². The van der Waals surface area contributed by atoms with Crippen LogP contribution >= 0.6 is 0 Å². The summed E-state index contributed by atoms with van der Waals surface area (Å²) in [7, 11) is 1.87. The Morgan fingerprint density at radius 2 is 1.75 bits per heavy atom. The van der Waals surface area contributed by atoms with Gasteiger partial charge in [-0.1, -0.05) is 30.3 Å². The van der Waals surface area contributed by atoms with Crippen LogP contribution in [0.25, 0.3) is 11.3 Å². The molecule has 0 amide bonds. The molecule has 0 spiro atoms. The van der Waals surface area contributed by atoms with Crippen LogP contribution in [-0.4, -0.2) is 84.6 Å². The van der Waals surface area contributed by atoms with E-state index in [0.29, 0.717) is 42.7 Å². The van der Waals surface area contributed by atoms with E-state index in [1.165, 1.54) is 5.56 Å². The van der Waals surface area contributed by atoms with E-state index in [2.05, 4.69) is 50.5 Å². The number of Topliss-reactive ketones (excluding diaryl/α,β-unsaturated/α-hetero) is 1. The highest BCUT2D eigenvalue weighted by molar-refractivity contribution is 6.02. The van der Waals surface area contributed by atoms with Crippen LogP contribution in [0.15, 0.2) is 48.7 Å². The maximum atomic E-state index is 13.7. The number of benzene rings is 2. The summed E-state index contributed by atoms with van der Waals surface area (Å²) in [5.74, 6) is 1.36. The minimum atomic E-state index is 0.132. The number of nitrogens with zero attached hydrogens (tertiary/aromatic N) is 4. The summed E-state index contributed by atoms with van der Waals surface area (Å²) in [6, 6.07) is 14.8. The summed E-state index contributed by atoms with van der Waals surface area (Å²) in [4.78, 5) is 30.7. The third-order valence-electron chi connectivity index (χ3n) is 8.93. The van der Waals surface area contributed by atoms with E-state index in [-0.39, 0.29) is 11.8 Å². The predicted octanol–water partition coefficient (Wildman–Crippen LogP) is 4.31. The minimum Gasteiger partial charge on any atom is -0.388 e. The summed E-state index contributed by atoms with van der Waals surface area (Å²) in [6.45, 7) is 8.89. The van der Waals surface area contributed by atoms with Crippen molar-refractivity contribution < 1.29 is 14.3 Å². The van der Waals surface area contributed by atoms with Crippen LogP contribution in [0.4, 0.5) is 5.69 Å². The van der Waals surface area contributed by atoms with Crippen molar-refractivity contribution in [2.24, 2.45) is 11.8 Å². The van der Waals surface area contributed by atoms with Crippen LogP contribution in [0.2, 0.25) is 0 Å². The van der Waals surface area contributed by atoms with Gasteiger partial charge in [0.2, 0.25) is 0 Å². The number of carbonyl (C=O) groups is 2. The number of hydrogen-bond acceptors (Lipinski definition) is 7. The number of anilines is 1. The Kier molecular flexibility index (Phi) is 7.82. The van der Waals surface area contributed by atoms with Crippen molar-refractivity contribution in [3.63, 3.8) is 0 Å². The lowest BCUT2D eigenvalue weighted by atomic mass is 9.95. The van der Waals surface area contributed by atoms with E-state index in [9.17, 15) is 9.59 Å². The van der Waals surface area contributed by atoms with Crippen LogP contribution in [0, 0.1) is 18.8 Å². The largest absolute Gasteiger partial charge is 0.388 e. The molecule has 2 aromatic carbocycles. The monoisotopic (exact) mass is 541 g/mol. The van der Waals surface area contributed by atoms with Gasteiger partial charge in [-0.25, -0.2) is 0 Å². The molecular formula is C32H39N5O3. The average molecular weight is 542 g/mol. The minimum absolute atomic E-state index is 0.132. The fourth-order valence-corrected chi connectivity index (χ4v) is 6.93. The molecule has 0 saturated carbocycles. The van der Waals surface area contributed by atoms with Gasteiger partial charge in [0.25, 0.3) is 0 Å². The van der Waals surface area contributed by atoms with E-state index in [1.807, 2.05) is 30.8 Å². The number of fused-ring (bicyclic) bond motifs is 1. The topological polar surface area (TPSA) is 79.7 Å². The number of likely N-dealkylation sites (tertiary alicyclic amines) is 2. The summed E-state index contributed by atoms with van der Waals surface area (Å²) < 4.78 is 7.53. The summed E-state index contributed by atoms with van der Waals surface area (Å²) in [6.07, 6.45) is 4.20. The zero-order valence-corrected chi connectivity index (χ0v) is 23.5. The first-order valence-corrected chi connectivity index (χ1v) is 14.5. The lowest BCUT2D eigenvalue weighted by Gasteiger charge is -2.25. The zero-order chi connectivity index (χ0) is 27.6. The van der Waals surface area contributed by atoms with E-state index >= 15 is 0 Å². The Morgan fingerprint density at radius 1 is 1.05 bits per heavy atom. The molecule has 40 heavy (non-hydrogen) atoms. The molecule has 8 heteroatoms. The molecule has 3 aromatic rings. The van der Waals surface area contributed by atoms with E-state index in [1.54, 1.807) is 6.20 Å². The molecule has 8 nitrogen and oxygen atoms in total. The van der Waals surface area contributed by atoms with Gasteiger partial charge in [0, 0.05) is 69.8 Å². The number of ether oxygens (including phenoxy) is 1. The molecule has 4 heterocycles. The predicted molar refractivity (Wildman–Crippen MR) is 156 cm³/mol. The highest BCUT2D eigenvalue weighted by Gasteiger charge is 2.40. The van der Waals surface area contributed by atoms with Crippen LogP contribution in [-0.2, 0) is 11.3 Å². The second-order valence-electron chi connectivity index (χ2n) is 11.6. The van der Waals surface area contributed by atoms with Gasteiger partial charge in [-0.2, -0.15) is 5.10 Å². The van der Waals surface area contributed by atoms with Crippen molar-refractivity contribution in [1.29, 1.82) is 0 Å². The summed E-state index contributed by atoms with van der Waals surface area (Å²) in [5, 5.41) is 7.90. The molecule has 0 aliphatic carbocycles. The van der Waals surface area contributed by atoms with E-state index in [0.717, 1.165) is 74.4 Å². The molecule has 6 rings (SSSR count). The number of aromatic nitrogens is 2. The number of rotatable bonds is 9. The lowest BCUT2D eigenvalue weighted by molar-refractivity contribution is 0.0667. The number of aryl methyl sites for hydroxylation is 1. The smallest absolute Gasteiger partial charge is 0.177 e. The number of hydrogen-bond donors (Lipinski definition) is 1. The SMILES string of the molecule is CNc1cc(C)c(C(=O)CN2CC3CN(Cc4ccccc4)CC3C2)cc1-c1c(C=O)cnn1C1CCOCC1. The fourth-order valence-electron chi connectivity index (χ4n) is 6.93. The molecular weight excluding hydrogens is 502 g/mol. The van der Waals surface area contributed by atoms with Crippen molar-refractivity contribution in [1.82, 2.24) is 19.6 Å². The number of nitrogens with one attached hydrogen (secondary N) is 1. The maximum absolute atomic E-state index is 13.7. The van der Waals surface area contributed by atoms with Gasteiger partial charge in [0.1, 0.15) is 0 Å². The third-order valence-corrected chi connectivity index (χ3v) is 8.93. The van der Waals surface area contributed by atoms with Crippen LogP contribution < -0.4 is 5.32 Å². The first kappa shape index (κ1) is 26.9. The number of carbonyl (C=O) groups excluding carboxylic acids is 2. The third kappa shape index (κ3) is 5.36. The number of aldehydes is 1. The molecule has 3 aliphatic rings. The van der Waals surface area contributed by atoms with Crippen molar-refractivity contribution in [2.45, 2.75) is 32.4 Å². The van der Waals surface area contributed by atoms with Crippen molar-refractivity contribution in [3.05, 3.63) is 70.9 Å². The van der Waals surface area contributed by atoms with E-state index in [4.69, 9.17) is 4.74 Å². The molecule has 3 fully saturated rings. The van der Waals surface area contributed by atoms with Crippen LogP contribution in [0.5, 0.6) is 0 Å². The standard InChI is InChI=1S/C32H39N5O3/c1-22-12-30(33-2)29(32-24(21-38)14-34-37(32)27-8-10-40-11-9-27)13-28(22)31(39)20-36-18-25-16-35(17-26(25)19-36)15-23-6-4-3-5-7-23/h3-7,12-14,21,25-27,33H,8-11,15-20H2,1-2H3. The van der Waals surface area contributed by atoms with Gasteiger partial charge in [0.05, 0.1) is 30.0 Å². The van der Waals surface area contributed by atoms with Crippen LogP contribution in [0.1, 0.15) is 50.7 Å². The molecule has 1 aromatic heterocycles. The van der Waals surface area contributed by atoms with Crippen molar-refractivity contribution in [3.8, 4) is 11.3 Å². The Morgan fingerprint density at radius 3 is 2.42 bits per heavy atom. The van der Waals surface area contributed by atoms with Gasteiger partial charge in [-0.3, -0.25) is 24.1 Å². The Hall–Kier alpha value is -3.33. The van der Waals surface area contributed by atoms with Gasteiger partial charge in [-0.05, 0) is 54.9 Å². The van der Waals surface area contributed by atoms with Gasteiger partial charge in [0.15, 0.2) is 12.1 Å². The lowest BCUT2D eigenvalue weighted by Crippen LogP contribution is -2.32.